The van der Waals surface area contributed by atoms with Crippen molar-refractivity contribution >= 4 is 58.3 Å². The zero-order valence-electron chi connectivity index (χ0n) is 11.8. The Labute approximate surface area is 148 Å². The Morgan fingerprint density at radius 2 is 2.04 bits per heavy atom. The molecule has 0 saturated carbocycles. The molecule has 0 aromatic carbocycles. The lowest BCUT2D eigenvalue weighted by molar-refractivity contribution is 0.0693. The molecule has 3 aromatic rings. The number of nitrogens with one attached hydrogen (secondary N) is 1. The van der Waals surface area contributed by atoms with Gasteiger partial charge in [-0.3, -0.25) is 4.98 Å². The number of halogens is 2. The van der Waals surface area contributed by atoms with Gasteiger partial charge < -0.3 is 10.4 Å². The van der Waals surface area contributed by atoms with Crippen molar-refractivity contribution in [2.45, 2.75) is 6.42 Å². The zero-order chi connectivity index (χ0) is 14.7. The van der Waals surface area contributed by atoms with E-state index in [1.807, 2.05) is 23.6 Å². The van der Waals surface area contributed by atoms with Crippen molar-refractivity contribution in [2.24, 2.45) is 0 Å². The minimum atomic E-state index is -1.04. The molecule has 0 amide bonds. The Balaban J connectivity index is 0.00000132. The van der Waals surface area contributed by atoms with Crippen molar-refractivity contribution in [3.05, 3.63) is 47.2 Å². The highest BCUT2D eigenvalue weighted by Gasteiger charge is 2.14. The van der Waals surface area contributed by atoms with E-state index in [2.05, 4.69) is 20.3 Å². The molecule has 3 aromatic heterocycles. The Morgan fingerprint density at radius 1 is 1.22 bits per heavy atom. The summed E-state index contributed by atoms with van der Waals surface area (Å²) in [4.78, 5) is 23.8. The third-order valence-electron chi connectivity index (χ3n) is 2.90. The lowest BCUT2D eigenvalue weighted by Crippen LogP contribution is -2.11. The normalized spacial score (nSPS) is 9.74. The molecule has 122 valence electrons. The smallest absolute Gasteiger partial charge is 0.356 e. The molecule has 0 unspecified atom stereocenters. The predicted octanol–water partition coefficient (Wildman–Crippen LogP) is 3.28. The number of fused-ring (bicyclic) bond motifs is 1. The van der Waals surface area contributed by atoms with Crippen LogP contribution >= 0.6 is 36.2 Å². The molecule has 3 heterocycles. The van der Waals surface area contributed by atoms with Crippen LogP contribution in [-0.2, 0) is 6.42 Å². The van der Waals surface area contributed by atoms with Crippen molar-refractivity contribution in [1.82, 2.24) is 15.0 Å². The Hall–Kier alpha value is -1.96. The number of hydrogen-bond donors (Lipinski definition) is 2. The fourth-order valence-electron chi connectivity index (χ4n) is 1.94. The van der Waals surface area contributed by atoms with E-state index >= 15 is 0 Å². The number of carbonyl (C=O) groups is 1. The summed E-state index contributed by atoms with van der Waals surface area (Å²) in [6.45, 7) is 0.589. The van der Waals surface area contributed by atoms with Gasteiger partial charge in [-0.25, -0.2) is 14.8 Å². The molecule has 0 saturated heterocycles. The Kier molecular flexibility index (Phi) is 7.15. The van der Waals surface area contributed by atoms with E-state index in [1.54, 1.807) is 12.3 Å². The van der Waals surface area contributed by atoms with Gasteiger partial charge in [-0.05, 0) is 23.6 Å². The fraction of sp³-hybridized carbons (Fsp3) is 0.143. The number of pyridine rings is 1. The first kappa shape index (κ1) is 19.1. The van der Waals surface area contributed by atoms with Crippen LogP contribution in [0, 0.1) is 0 Å². The number of thiophene rings is 1. The molecule has 0 aliphatic rings. The molecule has 0 aliphatic heterocycles. The molecule has 0 bridgehead atoms. The second kappa shape index (κ2) is 8.61. The lowest BCUT2D eigenvalue weighted by Gasteiger charge is -2.06. The van der Waals surface area contributed by atoms with Crippen LogP contribution in [0.1, 0.15) is 16.2 Å². The molecule has 0 spiro atoms. The maximum absolute atomic E-state index is 11.2. The number of aromatic carboxylic acids is 1. The minimum Gasteiger partial charge on any atom is -0.476 e. The van der Waals surface area contributed by atoms with E-state index in [0.717, 1.165) is 5.69 Å². The summed E-state index contributed by atoms with van der Waals surface area (Å²) in [7, 11) is 0. The first-order chi connectivity index (χ1) is 10.2. The molecule has 9 heteroatoms. The van der Waals surface area contributed by atoms with Crippen molar-refractivity contribution < 1.29 is 9.90 Å². The summed E-state index contributed by atoms with van der Waals surface area (Å²) in [5.41, 5.74) is 1.64. The first-order valence-corrected chi connectivity index (χ1v) is 7.24. The molecule has 0 aliphatic carbocycles. The van der Waals surface area contributed by atoms with Gasteiger partial charge in [0.2, 0.25) is 5.95 Å². The molecule has 0 radical (unpaired) electrons. The quantitative estimate of drug-likeness (QED) is 0.714. The molecule has 3 rings (SSSR count). The average Bonchev–Trinajstić information content (AvgIpc) is 2.95. The second-order valence-corrected chi connectivity index (χ2v) is 5.25. The van der Waals surface area contributed by atoms with Crippen molar-refractivity contribution in [1.29, 1.82) is 0 Å². The van der Waals surface area contributed by atoms with E-state index in [9.17, 15) is 9.90 Å². The van der Waals surface area contributed by atoms with E-state index < -0.39 is 5.97 Å². The number of nitrogens with zero attached hydrogens (tertiary/aromatic N) is 3. The second-order valence-electron chi connectivity index (χ2n) is 4.33. The van der Waals surface area contributed by atoms with Crippen LogP contribution in [0.25, 0.3) is 10.2 Å². The summed E-state index contributed by atoms with van der Waals surface area (Å²) in [5, 5.41) is 14.1. The molecule has 2 N–H and O–H groups in total. The highest BCUT2D eigenvalue weighted by atomic mass is 35.5. The molecule has 23 heavy (non-hydrogen) atoms. The van der Waals surface area contributed by atoms with Crippen LogP contribution in [0.3, 0.4) is 0 Å². The summed E-state index contributed by atoms with van der Waals surface area (Å²) < 4.78 is 0.595. The highest BCUT2D eigenvalue weighted by molar-refractivity contribution is 7.17. The average molecular weight is 373 g/mol. The van der Waals surface area contributed by atoms with E-state index in [4.69, 9.17) is 0 Å². The van der Waals surface area contributed by atoms with Crippen molar-refractivity contribution in [3.8, 4) is 0 Å². The number of carboxylic acid groups (broad SMARTS) is 1. The van der Waals surface area contributed by atoms with Gasteiger partial charge in [0.1, 0.15) is 0 Å². The SMILES string of the molecule is Cl.Cl.O=C(O)c1nc(NCCc2ccccn2)nc2ccsc12. The number of anilines is 1. The fourth-order valence-corrected chi connectivity index (χ4v) is 2.75. The van der Waals surface area contributed by atoms with Crippen LogP contribution in [0.5, 0.6) is 0 Å². The van der Waals surface area contributed by atoms with Crippen molar-refractivity contribution in [3.63, 3.8) is 0 Å². The van der Waals surface area contributed by atoms with Gasteiger partial charge in [-0.2, -0.15) is 0 Å². The van der Waals surface area contributed by atoms with Crippen LogP contribution < -0.4 is 5.32 Å². The van der Waals surface area contributed by atoms with E-state index in [-0.39, 0.29) is 30.5 Å². The van der Waals surface area contributed by atoms with E-state index in [1.165, 1.54) is 11.3 Å². The Morgan fingerprint density at radius 3 is 2.74 bits per heavy atom. The minimum absolute atomic E-state index is 0. The van der Waals surface area contributed by atoms with Gasteiger partial charge in [0.05, 0.1) is 10.2 Å². The van der Waals surface area contributed by atoms with Crippen LogP contribution in [-0.4, -0.2) is 32.6 Å². The maximum Gasteiger partial charge on any atom is 0.356 e. The van der Waals surface area contributed by atoms with Gasteiger partial charge in [0.25, 0.3) is 0 Å². The third-order valence-corrected chi connectivity index (χ3v) is 3.81. The Bertz CT molecular complexity index is 783. The summed E-state index contributed by atoms with van der Waals surface area (Å²) in [5.74, 6) is -0.716. The van der Waals surface area contributed by atoms with Gasteiger partial charge in [-0.15, -0.1) is 36.2 Å². The number of rotatable bonds is 5. The zero-order valence-corrected chi connectivity index (χ0v) is 14.2. The standard InChI is InChI=1S/C14H12N4O2S.2ClH/c19-13(20)11-12-10(5-8-21-12)17-14(18-11)16-7-4-9-3-1-2-6-15-9;;/h1-3,5-6,8H,4,7H2,(H,19,20)(H,16,17,18);2*1H. The van der Waals surface area contributed by atoms with Gasteiger partial charge in [-0.1, -0.05) is 6.07 Å². The molecule has 0 atom stereocenters. The molecule has 0 fully saturated rings. The monoisotopic (exact) mass is 372 g/mol. The number of carboxylic acids is 1. The van der Waals surface area contributed by atoms with Gasteiger partial charge in [0, 0.05) is 24.9 Å². The molecular weight excluding hydrogens is 359 g/mol. The highest BCUT2D eigenvalue weighted by Crippen LogP contribution is 2.23. The van der Waals surface area contributed by atoms with E-state index in [0.29, 0.717) is 29.1 Å². The maximum atomic E-state index is 11.2. The van der Waals surface area contributed by atoms with Crippen LogP contribution in [0.4, 0.5) is 5.95 Å². The van der Waals surface area contributed by atoms with Gasteiger partial charge >= 0.3 is 5.97 Å². The largest absolute Gasteiger partial charge is 0.476 e. The summed E-state index contributed by atoms with van der Waals surface area (Å²) >= 11 is 1.33. The molecule has 6 nitrogen and oxygen atoms in total. The predicted molar refractivity (Wildman–Crippen MR) is 95.3 cm³/mol. The summed E-state index contributed by atoms with van der Waals surface area (Å²) in [6, 6.07) is 7.52. The first-order valence-electron chi connectivity index (χ1n) is 6.36. The third kappa shape index (κ3) is 4.51. The molecular formula is C14H14Cl2N4O2S. The van der Waals surface area contributed by atoms with Crippen LogP contribution in [0.2, 0.25) is 0 Å². The number of hydrogen-bond acceptors (Lipinski definition) is 6. The van der Waals surface area contributed by atoms with Gasteiger partial charge in [0.15, 0.2) is 5.69 Å². The topological polar surface area (TPSA) is 88.0 Å². The number of aromatic nitrogens is 3. The van der Waals surface area contributed by atoms with Crippen LogP contribution in [0.15, 0.2) is 35.8 Å². The van der Waals surface area contributed by atoms with Crippen molar-refractivity contribution in [2.75, 3.05) is 11.9 Å². The lowest BCUT2D eigenvalue weighted by atomic mass is 10.3. The summed E-state index contributed by atoms with van der Waals surface area (Å²) in [6.07, 6.45) is 2.46.